The van der Waals surface area contributed by atoms with E-state index < -0.39 is 0 Å². The van der Waals surface area contributed by atoms with E-state index in [4.69, 9.17) is 9.72 Å². The number of fused-ring (bicyclic) bond motifs is 1. The summed E-state index contributed by atoms with van der Waals surface area (Å²) in [5.74, 6) is 2.70. The van der Waals surface area contributed by atoms with Gasteiger partial charge in [-0.1, -0.05) is 26.0 Å². The van der Waals surface area contributed by atoms with Crippen molar-refractivity contribution in [1.82, 2.24) is 20.2 Å². The standard InChI is InChI=1S/C22H29N5O2/c1-15(2)20-24-19-18(7-8-23-22(19)28)21(25-20)27-11-9-26(10-12-27)14-16-5-4-6-17(13-16)29-3/h4-6,13,15H,7-12,14H2,1-3H3,(H,23,28). The summed E-state index contributed by atoms with van der Waals surface area (Å²) in [7, 11) is 1.70. The van der Waals surface area contributed by atoms with Crippen LogP contribution in [0.15, 0.2) is 24.3 Å². The number of ether oxygens (including phenoxy) is 1. The van der Waals surface area contributed by atoms with Gasteiger partial charge in [0.25, 0.3) is 5.91 Å². The van der Waals surface area contributed by atoms with Crippen LogP contribution in [-0.2, 0) is 13.0 Å². The Bertz CT molecular complexity index is 891. The van der Waals surface area contributed by atoms with Crippen LogP contribution < -0.4 is 15.0 Å². The number of hydrogen-bond acceptors (Lipinski definition) is 6. The Morgan fingerprint density at radius 1 is 1.17 bits per heavy atom. The second-order valence-corrected chi connectivity index (χ2v) is 8.01. The molecule has 1 amide bonds. The molecule has 1 aromatic heterocycles. The molecular weight excluding hydrogens is 366 g/mol. The van der Waals surface area contributed by atoms with Crippen molar-refractivity contribution >= 4 is 11.7 Å². The van der Waals surface area contributed by atoms with E-state index in [-0.39, 0.29) is 11.8 Å². The van der Waals surface area contributed by atoms with Gasteiger partial charge in [0.05, 0.1) is 7.11 Å². The van der Waals surface area contributed by atoms with Crippen LogP contribution in [0.4, 0.5) is 5.82 Å². The predicted octanol–water partition coefficient (Wildman–Crippen LogP) is 2.22. The first-order chi connectivity index (χ1) is 14.0. The monoisotopic (exact) mass is 395 g/mol. The van der Waals surface area contributed by atoms with Crippen molar-refractivity contribution in [2.45, 2.75) is 32.7 Å². The van der Waals surface area contributed by atoms with Crippen molar-refractivity contribution in [1.29, 1.82) is 0 Å². The maximum atomic E-state index is 12.4. The molecule has 7 nitrogen and oxygen atoms in total. The van der Waals surface area contributed by atoms with Gasteiger partial charge in [0, 0.05) is 50.7 Å². The number of piperazine rings is 1. The predicted molar refractivity (Wildman–Crippen MR) is 113 cm³/mol. The molecule has 2 aliphatic heterocycles. The highest BCUT2D eigenvalue weighted by Crippen LogP contribution is 2.27. The third kappa shape index (κ3) is 4.19. The maximum absolute atomic E-state index is 12.4. The van der Waals surface area contributed by atoms with E-state index in [1.807, 2.05) is 12.1 Å². The van der Waals surface area contributed by atoms with Crippen LogP contribution in [0.5, 0.6) is 5.75 Å². The summed E-state index contributed by atoms with van der Waals surface area (Å²) in [4.78, 5) is 26.6. The number of rotatable bonds is 5. The van der Waals surface area contributed by atoms with Crippen molar-refractivity contribution in [3.05, 3.63) is 46.9 Å². The first kappa shape index (κ1) is 19.6. The lowest BCUT2D eigenvalue weighted by molar-refractivity contribution is 0.0940. The van der Waals surface area contributed by atoms with Crippen LogP contribution in [0.2, 0.25) is 0 Å². The number of amides is 1. The van der Waals surface area contributed by atoms with Gasteiger partial charge in [-0.25, -0.2) is 9.97 Å². The number of benzene rings is 1. The number of carbonyl (C=O) groups excluding carboxylic acids is 1. The Morgan fingerprint density at radius 3 is 2.69 bits per heavy atom. The van der Waals surface area contributed by atoms with Gasteiger partial charge in [-0.2, -0.15) is 0 Å². The van der Waals surface area contributed by atoms with Crippen LogP contribution in [0, 0.1) is 0 Å². The first-order valence-corrected chi connectivity index (χ1v) is 10.3. The zero-order valence-electron chi connectivity index (χ0n) is 17.4. The molecule has 0 saturated carbocycles. The topological polar surface area (TPSA) is 70.6 Å². The largest absolute Gasteiger partial charge is 0.497 e. The molecule has 1 saturated heterocycles. The molecular formula is C22H29N5O2. The average Bonchev–Trinajstić information content (AvgIpc) is 2.74. The minimum atomic E-state index is -0.0755. The number of anilines is 1. The minimum absolute atomic E-state index is 0.0755. The first-order valence-electron chi connectivity index (χ1n) is 10.3. The minimum Gasteiger partial charge on any atom is -0.497 e. The van der Waals surface area contributed by atoms with E-state index in [1.165, 1.54) is 5.56 Å². The summed E-state index contributed by atoms with van der Waals surface area (Å²) in [6.07, 6.45) is 0.790. The molecule has 1 fully saturated rings. The van der Waals surface area contributed by atoms with Crippen LogP contribution in [0.1, 0.15) is 47.2 Å². The van der Waals surface area contributed by atoms with Crippen LogP contribution in [0.25, 0.3) is 0 Å². The molecule has 0 radical (unpaired) electrons. The molecule has 0 bridgehead atoms. The van der Waals surface area contributed by atoms with Crippen molar-refractivity contribution in [2.75, 3.05) is 44.7 Å². The van der Waals surface area contributed by atoms with Crippen molar-refractivity contribution < 1.29 is 9.53 Å². The SMILES string of the molecule is COc1cccc(CN2CCN(c3nc(C(C)C)nc4c3CCNC4=O)CC2)c1. The molecule has 1 N–H and O–H groups in total. The molecule has 0 spiro atoms. The number of carbonyl (C=O) groups is 1. The van der Waals surface area contributed by atoms with E-state index in [0.717, 1.165) is 62.1 Å². The zero-order chi connectivity index (χ0) is 20.4. The summed E-state index contributed by atoms with van der Waals surface area (Å²) in [5, 5.41) is 2.91. The highest BCUT2D eigenvalue weighted by atomic mass is 16.5. The number of hydrogen-bond donors (Lipinski definition) is 1. The quantitative estimate of drug-likeness (QED) is 0.837. The summed E-state index contributed by atoms with van der Waals surface area (Å²) < 4.78 is 5.34. The second-order valence-electron chi connectivity index (χ2n) is 8.01. The van der Waals surface area contributed by atoms with Crippen molar-refractivity contribution in [3.8, 4) is 5.75 Å². The lowest BCUT2D eigenvalue weighted by Crippen LogP contribution is -2.47. The number of aromatic nitrogens is 2. The summed E-state index contributed by atoms with van der Waals surface area (Å²) in [6.45, 7) is 9.40. The normalized spacial score (nSPS) is 17.2. The van der Waals surface area contributed by atoms with Gasteiger partial charge in [-0.05, 0) is 24.1 Å². The molecule has 154 valence electrons. The van der Waals surface area contributed by atoms with E-state index in [0.29, 0.717) is 12.2 Å². The smallest absolute Gasteiger partial charge is 0.270 e. The average molecular weight is 396 g/mol. The number of nitrogens with one attached hydrogen (secondary N) is 1. The Balaban J connectivity index is 1.50. The fourth-order valence-electron chi connectivity index (χ4n) is 3.96. The molecule has 0 atom stereocenters. The Morgan fingerprint density at radius 2 is 1.97 bits per heavy atom. The molecule has 2 aromatic rings. The molecule has 1 aromatic carbocycles. The van der Waals surface area contributed by atoms with Gasteiger partial charge < -0.3 is 15.0 Å². The molecule has 7 heteroatoms. The summed E-state index contributed by atoms with van der Waals surface area (Å²) >= 11 is 0. The van der Waals surface area contributed by atoms with Gasteiger partial charge in [0.1, 0.15) is 23.1 Å². The fourth-order valence-corrected chi connectivity index (χ4v) is 3.96. The third-order valence-electron chi connectivity index (χ3n) is 5.61. The van der Waals surface area contributed by atoms with E-state index in [2.05, 4.69) is 46.1 Å². The van der Waals surface area contributed by atoms with Gasteiger partial charge in [0.2, 0.25) is 0 Å². The van der Waals surface area contributed by atoms with Gasteiger partial charge in [-0.3, -0.25) is 9.69 Å². The van der Waals surface area contributed by atoms with Crippen molar-refractivity contribution in [3.63, 3.8) is 0 Å². The van der Waals surface area contributed by atoms with Gasteiger partial charge in [-0.15, -0.1) is 0 Å². The molecule has 3 heterocycles. The Hall–Kier alpha value is -2.67. The molecule has 29 heavy (non-hydrogen) atoms. The lowest BCUT2D eigenvalue weighted by Gasteiger charge is -2.37. The summed E-state index contributed by atoms with van der Waals surface area (Å²) in [6, 6.07) is 8.25. The van der Waals surface area contributed by atoms with Crippen molar-refractivity contribution in [2.24, 2.45) is 0 Å². The molecule has 0 unspecified atom stereocenters. The second kappa shape index (κ2) is 8.37. The number of nitrogens with zero attached hydrogens (tertiary/aromatic N) is 4. The van der Waals surface area contributed by atoms with E-state index in [9.17, 15) is 4.79 Å². The molecule has 0 aliphatic carbocycles. The fraction of sp³-hybridized carbons (Fsp3) is 0.500. The number of methoxy groups -OCH3 is 1. The molecule has 4 rings (SSSR count). The lowest BCUT2D eigenvalue weighted by atomic mass is 10.0. The highest BCUT2D eigenvalue weighted by Gasteiger charge is 2.28. The Labute approximate surface area is 172 Å². The Kier molecular flexibility index (Phi) is 5.67. The van der Waals surface area contributed by atoms with Crippen LogP contribution >= 0.6 is 0 Å². The van der Waals surface area contributed by atoms with E-state index in [1.54, 1.807) is 7.11 Å². The summed E-state index contributed by atoms with van der Waals surface area (Å²) in [5.41, 5.74) is 2.82. The zero-order valence-corrected chi connectivity index (χ0v) is 17.4. The molecule has 2 aliphatic rings. The highest BCUT2D eigenvalue weighted by molar-refractivity contribution is 5.96. The van der Waals surface area contributed by atoms with Crippen LogP contribution in [-0.4, -0.2) is 60.6 Å². The maximum Gasteiger partial charge on any atom is 0.270 e. The van der Waals surface area contributed by atoms with Gasteiger partial charge >= 0.3 is 0 Å². The van der Waals surface area contributed by atoms with Gasteiger partial charge in [0.15, 0.2) is 0 Å². The van der Waals surface area contributed by atoms with E-state index >= 15 is 0 Å². The van der Waals surface area contributed by atoms with Crippen LogP contribution in [0.3, 0.4) is 0 Å². The third-order valence-corrected chi connectivity index (χ3v) is 5.61.